The number of hydrogen-bond donors (Lipinski definition) is 1. The Bertz CT molecular complexity index is 315. The number of ether oxygens (including phenoxy) is 1. The number of aromatic nitrogens is 1. The van der Waals surface area contributed by atoms with E-state index in [0.29, 0.717) is 17.0 Å². The Hall–Kier alpha value is -0.800. The first-order chi connectivity index (χ1) is 6.56. The van der Waals surface area contributed by atoms with Gasteiger partial charge in [-0.2, -0.15) is 0 Å². The van der Waals surface area contributed by atoms with Crippen molar-refractivity contribution in [3.05, 3.63) is 22.8 Å². The molecule has 0 aliphatic rings. The lowest BCUT2D eigenvalue weighted by Crippen LogP contribution is -2.17. The molecule has 0 saturated carbocycles. The molecule has 0 aromatic carbocycles. The minimum atomic E-state index is -0.0825. The van der Waals surface area contributed by atoms with Crippen LogP contribution in [0.5, 0.6) is 5.88 Å². The highest BCUT2D eigenvalue weighted by molar-refractivity contribution is 6.30. The van der Waals surface area contributed by atoms with Crippen molar-refractivity contribution < 1.29 is 4.74 Å². The number of hydrogen-bond acceptors (Lipinski definition) is 3. The van der Waals surface area contributed by atoms with Gasteiger partial charge in [-0.25, -0.2) is 4.98 Å². The van der Waals surface area contributed by atoms with Gasteiger partial charge in [0.15, 0.2) is 0 Å². The first-order valence-electron chi connectivity index (χ1n) is 4.52. The topological polar surface area (TPSA) is 48.1 Å². The summed E-state index contributed by atoms with van der Waals surface area (Å²) < 4.78 is 4.95. The molecule has 0 amide bonds. The van der Waals surface area contributed by atoms with Gasteiger partial charge in [0.25, 0.3) is 0 Å². The summed E-state index contributed by atoms with van der Waals surface area (Å²) in [5.74, 6) is 0.845. The zero-order chi connectivity index (χ0) is 10.7. The van der Waals surface area contributed by atoms with Gasteiger partial charge in [-0.05, 0) is 12.0 Å². The Balaban J connectivity index is 2.99. The fourth-order valence-corrected chi connectivity index (χ4v) is 1.42. The first kappa shape index (κ1) is 11.3. The number of methoxy groups -OCH3 is 1. The molecule has 1 aromatic heterocycles. The van der Waals surface area contributed by atoms with Crippen molar-refractivity contribution in [2.75, 3.05) is 7.11 Å². The van der Waals surface area contributed by atoms with Crippen molar-refractivity contribution >= 4 is 11.6 Å². The van der Waals surface area contributed by atoms with E-state index >= 15 is 0 Å². The highest BCUT2D eigenvalue weighted by Crippen LogP contribution is 2.26. The van der Waals surface area contributed by atoms with E-state index in [0.717, 1.165) is 5.56 Å². The van der Waals surface area contributed by atoms with Crippen LogP contribution in [0.2, 0.25) is 5.15 Å². The van der Waals surface area contributed by atoms with E-state index in [4.69, 9.17) is 22.1 Å². The SMILES string of the molecule is COc1ccc([C@@H](N)C(C)C)c(Cl)n1. The van der Waals surface area contributed by atoms with Crippen LogP contribution >= 0.6 is 11.6 Å². The Morgan fingerprint density at radius 3 is 2.50 bits per heavy atom. The molecule has 4 heteroatoms. The van der Waals surface area contributed by atoms with Crippen LogP contribution in [-0.2, 0) is 0 Å². The number of nitrogens with zero attached hydrogens (tertiary/aromatic N) is 1. The van der Waals surface area contributed by atoms with Gasteiger partial charge in [0.2, 0.25) is 5.88 Å². The Morgan fingerprint density at radius 1 is 1.43 bits per heavy atom. The lowest BCUT2D eigenvalue weighted by Gasteiger charge is -2.16. The fourth-order valence-electron chi connectivity index (χ4n) is 1.15. The maximum atomic E-state index is 5.98. The third-order valence-corrected chi connectivity index (χ3v) is 2.44. The summed E-state index contributed by atoms with van der Waals surface area (Å²) >= 11 is 5.98. The van der Waals surface area contributed by atoms with Gasteiger partial charge in [-0.1, -0.05) is 25.4 Å². The van der Waals surface area contributed by atoms with Crippen LogP contribution in [-0.4, -0.2) is 12.1 Å². The predicted octanol–water partition coefficient (Wildman–Crippen LogP) is 2.40. The predicted molar refractivity (Wildman–Crippen MR) is 57.6 cm³/mol. The standard InChI is InChI=1S/C10H15ClN2O/c1-6(2)9(12)7-4-5-8(14-3)13-10(7)11/h4-6,9H,12H2,1-3H3/t9-/m0/s1. The largest absolute Gasteiger partial charge is 0.481 e. The minimum absolute atomic E-state index is 0.0825. The van der Waals surface area contributed by atoms with Crippen molar-refractivity contribution in [3.8, 4) is 5.88 Å². The van der Waals surface area contributed by atoms with E-state index in [1.165, 1.54) is 0 Å². The molecule has 78 valence electrons. The van der Waals surface area contributed by atoms with Crippen LogP contribution < -0.4 is 10.5 Å². The molecule has 1 atom stereocenters. The van der Waals surface area contributed by atoms with Crippen molar-refractivity contribution in [2.45, 2.75) is 19.9 Å². The van der Waals surface area contributed by atoms with E-state index in [1.54, 1.807) is 13.2 Å². The molecular weight excluding hydrogens is 200 g/mol. The molecule has 1 aromatic rings. The molecular formula is C10H15ClN2O. The van der Waals surface area contributed by atoms with Crippen LogP contribution in [0.15, 0.2) is 12.1 Å². The Morgan fingerprint density at radius 2 is 2.07 bits per heavy atom. The minimum Gasteiger partial charge on any atom is -0.481 e. The number of halogens is 1. The van der Waals surface area contributed by atoms with Crippen molar-refractivity contribution in [2.24, 2.45) is 11.7 Å². The van der Waals surface area contributed by atoms with E-state index in [9.17, 15) is 0 Å². The molecule has 0 radical (unpaired) electrons. The Labute approximate surface area is 89.2 Å². The quantitative estimate of drug-likeness (QED) is 0.787. The third kappa shape index (κ3) is 2.36. The van der Waals surface area contributed by atoms with E-state index in [-0.39, 0.29) is 6.04 Å². The molecule has 0 fully saturated rings. The molecule has 1 rings (SSSR count). The second kappa shape index (κ2) is 4.62. The summed E-state index contributed by atoms with van der Waals surface area (Å²) in [5.41, 5.74) is 6.83. The number of rotatable bonds is 3. The van der Waals surface area contributed by atoms with Gasteiger partial charge in [-0.15, -0.1) is 0 Å². The van der Waals surface area contributed by atoms with E-state index in [2.05, 4.69) is 4.98 Å². The lowest BCUT2D eigenvalue weighted by atomic mass is 9.99. The number of pyridine rings is 1. The maximum absolute atomic E-state index is 5.98. The summed E-state index contributed by atoms with van der Waals surface area (Å²) in [6.07, 6.45) is 0. The van der Waals surface area contributed by atoms with Gasteiger partial charge < -0.3 is 10.5 Å². The molecule has 0 saturated heterocycles. The van der Waals surface area contributed by atoms with Gasteiger partial charge in [0.1, 0.15) is 5.15 Å². The highest BCUT2D eigenvalue weighted by Gasteiger charge is 2.15. The number of nitrogens with two attached hydrogens (primary N) is 1. The summed E-state index contributed by atoms with van der Waals surface area (Å²) in [4.78, 5) is 4.06. The molecule has 0 unspecified atom stereocenters. The molecule has 3 nitrogen and oxygen atoms in total. The molecule has 0 aliphatic carbocycles. The second-order valence-electron chi connectivity index (χ2n) is 3.50. The summed E-state index contributed by atoms with van der Waals surface area (Å²) in [6, 6.07) is 3.54. The zero-order valence-corrected chi connectivity index (χ0v) is 9.38. The molecule has 14 heavy (non-hydrogen) atoms. The smallest absolute Gasteiger partial charge is 0.214 e. The molecule has 0 spiro atoms. The second-order valence-corrected chi connectivity index (χ2v) is 3.86. The van der Waals surface area contributed by atoms with Crippen LogP contribution in [0.25, 0.3) is 0 Å². The van der Waals surface area contributed by atoms with Crippen molar-refractivity contribution in [3.63, 3.8) is 0 Å². The van der Waals surface area contributed by atoms with Crippen molar-refractivity contribution in [1.82, 2.24) is 4.98 Å². The van der Waals surface area contributed by atoms with Crippen LogP contribution in [0.4, 0.5) is 0 Å². The van der Waals surface area contributed by atoms with Gasteiger partial charge in [-0.3, -0.25) is 0 Å². The molecule has 1 heterocycles. The highest BCUT2D eigenvalue weighted by atomic mass is 35.5. The summed E-state index contributed by atoms with van der Waals surface area (Å²) in [6.45, 7) is 4.09. The first-order valence-corrected chi connectivity index (χ1v) is 4.90. The zero-order valence-electron chi connectivity index (χ0n) is 8.62. The Kier molecular flexibility index (Phi) is 3.72. The van der Waals surface area contributed by atoms with Crippen LogP contribution in [0, 0.1) is 5.92 Å². The monoisotopic (exact) mass is 214 g/mol. The lowest BCUT2D eigenvalue weighted by molar-refractivity contribution is 0.397. The molecule has 0 bridgehead atoms. The van der Waals surface area contributed by atoms with Gasteiger partial charge in [0.05, 0.1) is 7.11 Å². The van der Waals surface area contributed by atoms with Crippen LogP contribution in [0.1, 0.15) is 25.5 Å². The van der Waals surface area contributed by atoms with E-state index in [1.807, 2.05) is 19.9 Å². The van der Waals surface area contributed by atoms with Crippen LogP contribution in [0.3, 0.4) is 0 Å². The fraction of sp³-hybridized carbons (Fsp3) is 0.500. The van der Waals surface area contributed by atoms with Crippen molar-refractivity contribution in [1.29, 1.82) is 0 Å². The normalized spacial score (nSPS) is 13.0. The average molecular weight is 215 g/mol. The third-order valence-electron chi connectivity index (χ3n) is 2.14. The maximum Gasteiger partial charge on any atom is 0.214 e. The molecule has 0 aliphatic heterocycles. The van der Waals surface area contributed by atoms with E-state index < -0.39 is 0 Å². The summed E-state index contributed by atoms with van der Waals surface area (Å²) in [5, 5.41) is 0.422. The average Bonchev–Trinajstić information content (AvgIpc) is 2.16. The molecule has 2 N–H and O–H groups in total. The van der Waals surface area contributed by atoms with Gasteiger partial charge in [0, 0.05) is 17.7 Å². The van der Waals surface area contributed by atoms with Gasteiger partial charge >= 0.3 is 0 Å². The summed E-state index contributed by atoms with van der Waals surface area (Å²) in [7, 11) is 1.56.